The van der Waals surface area contributed by atoms with Crippen LogP contribution in [0, 0.1) is 5.92 Å². The van der Waals surface area contributed by atoms with E-state index in [-0.39, 0.29) is 11.8 Å². The van der Waals surface area contributed by atoms with Gasteiger partial charge in [0.05, 0.1) is 17.3 Å². The molecule has 2 unspecified atom stereocenters. The lowest BCUT2D eigenvalue weighted by Crippen LogP contribution is -2.38. The van der Waals surface area contributed by atoms with Gasteiger partial charge in [-0.15, -0.1) is 0 Å². The number of para-hydroxylation sites is 2. The molecule has 19 heavy (non-hydrogen) atoms. The highest BCUT2D eigenvalue weighted by Gasteiger charge is 2.28. The third-order valence-electron chi connectivity index (χ3n) is 4.02. The molecule has 1 amide bonds. The molecule has 1 aliphatic heterocycles. The average molecular weight is 256 g/mol. The average Bonchev–Trinajstić information content (AvgIpc) is 2.58. The predicted octanol–water partition coefficient (Wildman–Crippen LogP) is 3.19. The van der Waals surface area contributed by atoms with Gasteiger partial charge in [0.25, 0.3) is 0 Å². The minimum atomic E-state index is 0.0164. The highest BCUT2D eigenvalue weighted by Crippen LogP contribution is 2.33. The zero-order chi connectivity index (χ0) is 13.2. The molecule has 3 heteroatoms. The smallest absolute Gasteiger partial charge is 0.229 e. The van der Waals surface area contributed by atoms with Gasteiger partial charge in [-0.05, 0) is 31.4 Å². The Morgan fingerprint density at radius 3 is 2.95 bits per heavy atom. The summed E-state index contributed by atoms with van der Waals surface area (Å²) in [5.74, 6) is 0.137. The first kappa shape index (κ1) is 12.3. The zero-order valence-corrected chi connectivity index (χ0v) is 11.3. The maximum atomic E-state index is 12.0. The van der Waals surface area contributed by atoms with E-state index in [1.54, 1.807) is 0 Å². The van der Waals surface area contributed by atoms with Gasteiger partial charge < -0.3 is 10.2 Å². The van der Waals surface area contributed by atoms with Crippen LogP contribution in [0.15, 0.2) is 36.4 Å². The first-order valence-corrected chi connectivity index (χ1v) is 7.09. The summed E-state index contributed by atoms with van der Waals surface area (Å²) in [5, 5.41) is 3.04. The molecule has 2 aliphatic rings. The van der Waals surface area contributed by atoms with Gasteiger partial charge in [0.15, 0.2) is 0 Å². The largest absolute Gasteiger partial charge is 0.363 e. The Bertz CT molecular complexity index is 509. The van der Waals surface area contributed by atoms with E-state index in [1.165, 1.54) is 19.3 Å². The number of anilines is 2. The molecule has 0 aromatic heterocycles. The maximum Gasteiger partial charge on any atom is 0.229 e. The van der Waals surface area contributed by atoms with E-state index < -0.39 is 0 Å². The van der Waals surface area contributed by atoms with E-state index in [0.29, 0.717) is 6.04 Å². The fraction of sp³-hybridized carbons (Fsp3) is 0.438. The summed E-state index contributed by atoms with van der Waals surface area (Å²) >= 11 is 0. The van der Waals surface area contributed by atoms with Crippen LogP contribution in [0.3, 0.4) is 0 Å². The van der Waals surface area contributed by atoms with Crippen molar-refractivity contribution in [3.8, 4) is 0 Å². The zero-order valence-electron chi connectivity index (χ0n) is 11.3. The van der Waals surface area contributed by atoms with Crippen LogP contribution in [-0.4, -0.2) is 18.5 Å². The second kappa shape index (κ2) is 5.08. The monoisotopic (exact) mass is 256 g/mol. The quantitative estimate of drug-likeness (QED) is 0.783. The highest BCUT2D eigenvalue weighted by atomic mass is 16.1. The van der Waals surface area contributed by atoms with Crippen molar-refractivity contribution in [1.82, 2.24) is 0 Å². The third-order valence-corrected chi connectivity index (χ3v) is 4.02. The third kappa shape index (κ3) is 2.37. The summed E-state index contributed by atoms with van der Waals surface area (Å²) in [6, 6.07) is 8.54. The number of fused-ring (bicyclic) bond motifs is 1. The summed E-state index contributed by atoms with van der Waals surface area (Å²) in [4.78, 5) is 14.4. The molecule has 1 aliphatic carbocycles. The normalized spacial score (nSPS) is 26.6. The molecule has 0 radical (unpaired) electrons. The van der Waals surface area contributed by atoms with Crippen molar-refractivity contribution >= 4 is 17.3 Å². The molecule has 100 valence electrons. The number of benzene rings is 1. The summed E-state index contributed by atoms with van der Waals surface area (Å²) in [6.07, 6.45) is 8.14. The SMILES string of the molecule is CC1CN(C2C=CCCC2)c2ccccc2NC1=O. The second-order valence-electron chi connectivity index (χ2n) is 5.49. The van der Waals surface area contributed by atoms with E-state index in [0.717, 1.165) is 17.9 Å². The van der Waals surface area contributed by atoms with Crippen LogP contribution in [-0.2, 0) is 4.79 Å². The summed E-state index contributed by atoms with van der Waals surface area (Å²) < 4.78 is 0. The molecule has 1 aromatic carbocycles. The van der Waals surface area contributed by atoms with Crippen molar-refractivity contribution in [2.24, 2.45) is 5.92 Å². The Morgan fingerprint density at radius 1 is 1.32 bits per heavy atom. The molecule has 1 heterocycles. The Hall–Kier alpha value is -1.77. The number of carbonyl (C=O) groups is 1. The maximum absolute atomic E-state index is 12.0. The van der Waals surface area contributed by atoms with E-state index in [2.05, 4.69) is 28.4 Å². The lowest BCUT2D eigenvalue weighted by atomic mass is 9.99. The molecular formula is C16H20N2O. The number of allylic oxidation sites excluding steroid dienone is 1. The number of hydrogen-bond donors (Lipinski definition) is 1. The van der Waals surface area contributed by atoms with Crippen molar-refractivity contribution in [3.05, 3.63) is 36.4 Å². The summed E-state index contributed by atoms with van der Waals surface area (Å²) in [5.41, 5.74) is 2.09. The Balaban J connectivity index is 1.99. The van der Waals surface area contributed by atoms with Gasteiger partial charge in [0.2, 0.25) is 5.91 Å². The number of amides is 1. The van der Waals surface area contributed by atoms with Crippen molar-refractivity contribution < 1.29 is 4.79 Å². The van der Waals surface area contributed by atoms with Crippen LogP contribution in [0.4, 0.5) is 11.4 Å². The Labute approximate surface area is 114 Å². The van der Waals surface area contributed by atoms with Crippen molar-refractivity contribution in [3.63, 3.8) is 0 Å². The highest BCUT2D eigenvalue weighted by molar-refractivity contribution is 5.97. The summed E-state index contributed by atoms with van der Waals surface area (Å²) in [6.45, 7) is 2.79. The number of hydrogen-bond acceptors (Lipinski definition) is 2. The van der Waals surface area contributed by atoms with Gasteiger partial charge in [0, 0.05) is 12.6 Å². The number of rotatable bonds is 1. The van der Waals surface area contributed by atoms with Gasteiger partial charge in [0.1, 0.15) is 0 Å². The van der Waals surface area contributed by atoms with Gasteiger partial charge in [-0.2, -0.15) is 0 Å². The molecule has 0 saturated heterocycles. The van der Waals surface area contributed by atoms with Gasteiger partial charge >= 0.3 is 0 Å². The lowest BCUT2D eigenvalue weighted by molar-refractivity contribution is -0.119. The predicted molar refractivity (Wildman–Crippen MR) is 78.4 cm³/mol. The second-order valence-corrected chi connectivity index (χ2v) is 5.49. The Kier molecular flexibility index (Phi) is 3.28. The van der Waals surface area contributed by atoms with Crippen LogP contribution < -0.4 is 10.2 Å². The molecule has 2 atom stereocenters. The molecule has 0 fully saturated rings. The van der Waals surface area contributed by atoms with E-state index >= 15 is 0 Å². The van der Waals surface area contributed by atoms with E-state index in [9.17, 15) is 4.79 Å². The Morgan fingerprint density at radius 2 is 2.16 bits per heavy atom. The molecule has 1 N–H and O–H groups in total. The first-order chi connectivity index (χ1) is 9.25. The fourth-order valence-electron chi connectivity index (χ4n) is 2.93. The summed E-state index contributed by atoms with van der Waals surface area (Å²) in [7, 11) is 0. The van der Waals surface area contributed by atoms with Gasteiger partial charge in [-0.25, -0.2) is 0 Å². The molecule has 3 rings (SSSR count). The van der Waals surface area contributed by atoms with Gasteiger partial charge in [-0.1, -0.05) is 31.2 Å². The van der Waals surface area contributed by atoms with Gasteiger partial charge in [-0.3, -0.25) is 4.79 Å². The molecule has 1 aromatic rings. The number of nitrogens with one attached hydrogen (secondary N) is 1. The van der Waals surface area contributed by atoms with Crippen molar-refractivity contribution in [2.75, 3.05) is 16.8 Å². The number of carbonyl (C=O) groups excluding carboxylic acids is 1. The minimum absolute atomic E-state index is 0.0164. The fourth-order valence-corrected chi connectivity index (χ4v) is 2.93. The van der Waals surface area contributed by atoms with Crippen LogP contribution in [0.1, 0.15) is 26.2 Å². The van der Waals surface area contributed by atoms with E-state index in [1.807, 2.05) is 25.1 Å². The van der Waals surface area contributed by atoms with Crippen LogP contribution in [0.5, 0.6) is 0 Å². The molecule has 0 bridgehead atoms. The number of nitrogens with zero attached hydrogens (tertiary/aromatic N) is 1. The molecular weight excluding hydrogens is 236 g/mol. The molecule has 0 spiro atoms. The topological polar surface area (TPSA) is 32.3 Å². The molecule has 0 saturated carbocycles. The first-order valence-electron chi connectivity index (χ1n) is 7.09. The van der Waals surface area contributed by atoms with Crippen LogP contribution in [0.2, 0.25) is 0 Å². The standard InChI is InChI=1S/C16H20N2O/c1-12-11-18(13-7-3-2-4-8-13)15-10-6-5-9-14(15)17-16(12)19/h3,5-7,9-10,12-13H,2,4,8,11H2,1H3,(H,17,19). The van der Waals surface area contributed by atoms with Crippen molar-refractivity contribution in [1.29, 1.82) is 0 Å². The minimum Gasteiger partial charge on any atom is -0.363 e. The van der Waals surface area contributed by atoms with Crippen LogP contribution >= 0.6 is 0 Å². The van der Waals surface area contributed by atoms with Crippen LogP contribution in [0.25, 0.3) is 0 Å². The lowest BCUT2D eigenvalue weighted by Gasteiger charge is -2.34. The van der Waals surface area contributed by atoms with E-state index in [4.69, 9.17) is 0 Å². The molecule has 3 nitrogen and oxygen atoms in total. The van der Waals surface area contributed by atoms with Crippen molar-refractivity contribution in [2.45, 2.75) is 32.2 Å².